The number of para-hydroxylation sites is 1. The number of nitrogens with zero attached hydrogens (tertiary/aromatic N) is 1. The minimum atomic E-state index is 0.124. The first-order valence-electron chi connectivity index (χ1n) is 6.95. The van der Waals surface area contributed by atoms with Crippen molar-refractivity contribution in [3.05, 3.63) is 29.8 Å². The molecular weight excluding hydrogens is 288 g/mol. The first-order valence-corrected chi connectivity index (χ1v) is 7.36. The molecule has 116 valence electrons. The molecule has 1 heterocycles. The number of benzene rings is 1. The number of nitrogens with two attached hydrogens (primary N) is 1. The number of methoxy groups -OCH3 is 2. The van der Waals surface area contributed by atoms with Crippen molar-refractivity contribution in [1.82, 2.24) is 4.90 Å². The first kappa shape index (κ1) is 16.2. The van der Waals surface area contributed by atoms with Gasteiger partial charge in [-0.1, -0.05) is 24.4 Å². The summed E-state index contributed by atoms with van der Waals surface area (Å²) in [6.07, 6.45) is 0.248. The fraction of sp³-hybridized carbons (Fsp3) is 0.533. The average molecular weight is 310 g/mol. The van der Waals surface area contributed by atoms with E-state index < -0.39 is 0 Å². The minimum absolute atomic E-state index is 0.124. The van der Waals surface area contributed by atoms with E-state index in [1.54, 1.807) is 14.2 Å². The lowest BCUT2D eigenvalue weighted by atomic mass is 10.2. The van der Waals surface area contributed by atoms with Gasteiger partial charge in [-0.2, -0.15) is 0 Å². The molecule has 21 heavy (non-hydrogen) atoms. The van der Waals surface area contributed by atoms with E-state index in [-0.39, 0.29) is 12.2 Å². The standard InChI is InChI=1S/C15H22N2O3S/c1-18-13-9-17(10-14(13)19-2)7-8-20-12-6-4-3-5-11(12)15(16)21/h3-6,13-14H,7-10H2,1-2H3,(H2,16,21). The number of likely N-dealkylation sites (tertiary alicyclic amines) is 1. The van der Waals surface area contributed by atoms with Crippen LogP contribution in [0.2, 0.25) is 0 Å². The maximum absolute atomic E-state index is 5.81. The molecule has 1 aliphatic rings. The van der Waals surface area contributed by atoms with E-state index in [1.165, 1.54) is 0 Å². The molecule has 6 heteroatoms. The van der Waals surface area contributed by atoms with Crippen molar-refractivity contribution < 1.29 is 14.2 Å². The molecule has 5 nitrogen and oxygen atoms in total. The van der Waals surface area contributed by atoms with Gasteiger partial charge in [-0.05, 0) is 12.1 Å². The van der Waals surface area contributed by atoms with Gasteiger partial charge in [0, 0.05) is 33.9 Å². The molecule has 1 aliphatic heterocycles. The van der Waals surface area contributed by atoms with Gasteiger partial charge in [-0.25, -0.2) is 0 Å². The highest BCUT2D eigenvalue weighted by Gasteiger charge is 2.32. The zero-order valence-electron chi connectivity index (χ0n) is 12.5. The van der Waals surface area contributed by atoms with E-state index >= 15 is 0 Å². The highest BCUT2D eigenvalue weighted by Crippen LogP contribution is 2.19. The lowest BCUT2D eigenvalue weighted by molar-refractivity contribution is -0.00461. The predicted octanol–water partition coefficient (Wildman–Crippen LogP) is 1.05. The Labute approximate surface area is 131 Å². The van der Waals surface area contributed by atoms with Crippen molar-refractivity contribution in [2.45, 2.75) is 12.2 Å². The van der Waals surface area contributed by atoms with E-state index in [2.05, 4.69) is 4.90 Å². The van der Waals surface area contributed by atoms with Crippen molar-refractivity contribution in [1.29, 1.82) is 0 Å². The first-order chi connectivity index (χ1) is 10.2. The van der Waals surface area contributed by atoms with Gasteiger partial charge in [-0.3, -0.25) is 4.90 Å². The minimum Gasteiger partial charge on any atom is -0.492 e. The van der Waals surface area contributed by atoms with Gasteiger partial charge >= 0.3 is 0 Å². The third-order valence-electron chi connectivity index (χ3n) is 3.71. The summed E-state index contributed by atoms with van der Waals surface area (Å²) in [7, 11) is 3.43. The molecule has 1 fully saturated rings. The molecule has 0 spiro atoms. The molecule has 1 saturated heterocycles. The van der Waals surface area contributed by atoms with Gasteiger partial charge in [0.2, 0.25) is 0 Å². The van der Waals surface area contributed by atoms with Crippen molar-refractivity contribution in [3.63, 3.8) is 0 Å². The summed E-state index contributed by atoms with van der Waals surface area (Å²) in [5, 5.41) is 0. The Morgan fingerprint density at radius 3 is 2.43 bits per heavy atom. The summed E-state index contributed by atoms with van der Waals surface area (Å²) in [5.41, 5.74) is 6.47. The van der Waals surface area contributed by atoms with E-state index in [1.807, 2.05) is 24.3 Å². The fourth-order valence-electron chi connectivity index (χ4n) is 2.53. The van der Waals surface area contributed by atoms with Crippen LogP contribution in [0.1, 0.15) is 5.56 Å². The van der Waals surface area contributed by atoms with Crippen molar-refractivity contribution in [2.24, 2.45) is 5.73 Å². The zero-order chi connectivity index (χ0) is 15.2. The van der Waals surface area contributed by atoms with Gasteiger partial charge in [0.05, 0.1) is 17.8 Å². The Kier molecular flexibility index (Phi) is 5.93. The van der Waals surface area contributed by atoms with Crippen LogP contribution in [0.3, 0.4) is 0 Å². The van der Waals surface area contributed by atoms with Crippen LogP contribution in [-0.4, -0.2) is 62.6 Å². The smallest absolute Gasteiger partial charge is 0.129 e. The van der Waals surface area contributed by atoms with Gasteiger partial charge in [0.1, 0.15) is 17.3 Å². The van der Waals surface area contributed by atoms with E-state index in [0.717, 1.165) is 30.9 Å². The molecule has 2 atom stereocenters. The van der Waals surface area contributed by atoms with Crippen molar-refractivity contribution in [2.75, 3.05) is 40.5 Å². The van der Waals surface area contributed by atoms with Crippen LogP contribution in [0, 0.1) is 0 Å². The quantitative estimate of drug-likeness (QED) is 0.760. The van der Waals surface area contributed by atoms with Crippen molar-refractivity contribution in [3.8, 4) is 5.75 Å². The zero-order valence-corrected chi connectivity index (χ0v) is 13.3. The van der Waals surface area contributed by atoms with Crippen LogP contribution in [0.5, 0.6) is 5.75 Å². The second kappa shape index (κ2) is 7.70. The maximum Gasteiger partial charge on any atom is 0.129 e. The van der Waals surface area contributed by atoms with E-state index in [0.29, 0.717) is 11.6 Å². The summed E-state index contributed by atoms with van der Waals surface area (Å²) in [4.78, 5) is 2.62. The molecular formula is C15H22N2O3S. The maximum atomic E-state index is 5.81. The number of ether oxygens (including phenoxy) is 3. The third-order valence-corrected chi connectivity index (χ3v) is 3.93. The summed E-state index contributed by atoms with van der Waals surface area (Å²) >= 11 is 5.02. The topological polar surface area (TPSA) is 57.0 Å². The molecule has 2 N–H and O–H groups in total. The van der Waals surface area contributed by atoms with E-state index in [4.69, 9.17) is 32.2 Å². The largest absolute Gasteiger partial charge is 0.492 e. The molecule has 0 radical (unpaired) electrons. The van der Waals surface area contributed by atoms with Crippen LogP contribution >= 0.6 is 12.2 Å². The normalized spacial score (nSPS) is 22.4. The highest BCUT2D eigenvalue weighted by atomic mass is 32.1. The van der Waals surface area contributed by atoms with Crippen LogP contribution in [0.25, 0.3) is 0 Å². The Balaban J connectivity index is 1.84. The Morgan fingerprint density at radius 1 is 1.24 bits per heavy atom. The number of hydrogen-bond donors (Lipinski definition) is 1. The van der Waals surface area contributed by atoms with Crippen LogP contribution in [-0.2, 0) is 9.47 Å². The van der Waals surface area contributed by atoms with Gasteiger partial charge in [0.25, 0.3) is 0 Å². The monoisotopic (exact) mass is 310 g/mol. The highest BCUT2D eigenvalue weighted by molar-refractivity contribution is 7.80. The SMILES string of the molecule is COC1CN(CCOc2ccccc2C(N)=S)CC1OC. The van der Waals surface area contributed by atoms with E-state index in [9.17, 15) is 0 Å². The summed E-state index contributed by atoms with van der Waals surface area (Å²) in [6.45, 7) is 3.10. The second-order valence-corrected chi connectivity index (χ2v) is 5.46. The average Bonchev–Trinajstić information content (AvgIpc) is 2.90. The molecule has 0 aromatic heterocycles. The van der Waals surface area contributed by atoms with Crippen LogP contribution < -0.4 is 10.5 Å². The number of thiocarbonyl (C=S) groups is 1. The van der Waals surface area contributed by atoms with Crippen LogP contribution in [0.15, 0.2) is 24.3 Å². The number of rotatable bonds is 7. The molecule has 2 rings (SSSR count). The summed E-state index contributed by atoms with van der Waals surface area (Å²) in [6, 6.07) is 7.56. The lowest BCUT2D eigenvalue weighted by Gasteiger charge is -2.16. The summed E-state index contributed by atoms with van der Waals surface area (Å²) in [5.74, 6) is 0.732. The molecule has 1 aromatic carbocycles. The molecule has 0 bridgehead atoms. The molecule has 0 aliphatic carbocycles. The summed E-state index contributed by atoms with van der Waals surface area (Å²) < 4.78 is 16.6. The second-order valence-electron chi connectivity index (χ2n) is 5.02. The van der Waals surface area contributed by atoms with Gasteiger partial charge in [-0.15, -0.1) is 0 Å². The van der Waals surface area contributed by atoms with Gasteiger partial charge < -0.3 is 19.9 Å². The van der Waals surface area contributed by atoms with Gasteiger partial charge in [0.15, 0.2) is 0 Å². The van der Waals surface area contributed by atoms with Crippen molar-refractivity contribution >= 4 is 17.2 Å². The molecule has 2 unspecified atom stereocenters. The fourth-order valence-corrected chi connectivity index (χ4v) is 2.70. The third kappa shape index (κ3) is 4.14. The number of hydrogen-bond acceptors (Lipinski definition) is 5. The molecule has 0 amide bonds. The molecule has 1 aromatic rings. The Hall–Kier alpha value is -1.21. The Bertz CT molecular complexity index is 472. The Morgan fingerprint density at radius 2 is 1.86 bits per heavy atom. The predicted molar refractivity (Wildman–Crippen MR) is 85.9 cm³/mol. The molecule has 0 saturated carbocycles. The van der Waals surface area contributed by atoms with Crippen LogP contribution in [0.4, 0.5) is 0 Å². The lowest BCUT2D eigenvalue weighted by Crippen LogP contribution is -2.27.